The molecule has 0 radical (unpaired) electrons. The molecule has 1 heterocycles. The van der Waals surface area contributed by atoms with Gasteiger partial charge in [0.25, 0.3) is 0 Å². The summed E-state index contributed by atoms with van der Waals surface area (Å²) in [5.41, 5.74) is 0.884. The van der Waals surface area contributed by atoms with Crippen molar-refractivity contribution >= 4 is 11.9 Å². The maximum Gasteiger partial charge on any atom is 0.318 e. The van der Waals surface area contributed by atoms with Gasteiger partial charge in [-0.3, -0.25) is 9.59 Å². The molecule has 126 valence electrons. The highest BCUT2D eigenvalue weighted by Gasteiger charge is 2.41. The number of rotatable bonds is 6. The van der Waals surface area contributed by atoms with Gasteiger partial charge in [-0.2, -0.15) is 0 Å². The van der Waals surface area contributed by atoms with Gasteiger partial charge in [-0.05, 0) is 24.1 Å². The SMILES string of the molecule is COC(=O)[C@H]1C(=O)NC[C@@H]1Cc1cc(OC)c(OC)c(OC)c1. The van der Waals surface area contributed by atoms with Crippen molar-refractivity contribution in [2.24, 2.45) is 11.8 Å². The topological polar surface area (TPSA) is 83.1 Å². The van der Waals surface area contributed by atoms with E-state index in [9.17, 15) is 9.59 Å². The van der Waals surface area contributed by atoms with Gasteiger partial charge in [0.1, 0.15) is 5.92 Å². The van der Waals surface area contributed by atoms with Gasteiger partial charge in [-0.25, -0.2) is 0 Å². The number of hydrogen-bond acceptors (Lipinski definition) is 6. The van der Waals surface area contributed by atoms with Crippen molar-refractivity contribution in [2.75, 3.05) is 35.0 Å². The summed E-state index contributed by atoms with van der Waals surface area (Å²) in [5, 5.41) is 2.71. The van der Waals surface area contributed by atoms with Crippen LogP contribution in [0.15, 0.2) is 12.1 Å². The first-order valence-corrected chi connectivity index (χ1v) is 7.20. The molecule has 7 nitrogen and oxygen atoms in total. The van der Waals surface area contributed by atoms with Crippen molar-refractivity contribution in [1.82, 2.24) is 5.32 Å². The molecule has 1 fully saturated rings. The molecule has 23 heavy (non-hydrogen) atoms. The fourth-order valence-corrected chi connectivity index (χ4v) is 2.85. The number of amides is 1. The first kappa shape index (κ1) is 16.9. The number of esters is 1. The Hall–Kier alpha value is -2.44. The van der Waals surface area contributed by atoms with E-state index < -0.39 is 11.9 Å². The zero-order chi connectivity index (χ0) is 17.0. The third-order valence-electron chi connectivity index (χ3n) is 3.97. The summed E-state index contributed by atoms with van der Waals surface area (Å²) >= 11 is 0. The molecule has 2 atom stereocenters. The van der Waals surface area contributed by atoms with E-state index in [0.717, 1.165) is 5.56 Å². The lowest BCUT2D eigenvalue weighted by Gasteiger charge is -2.17. The highest BCUT2D eigenvalue weighted by molar-refractivity contribution is 5.99. The molecule has 7 heteroatoms. The molecule has 1 N–H and O–H groups in total. The summed E-state index contributed by atoms with van der Waals surface area (Å²) in [5.74, 6) is -0.213. The molecule has 0 bridgehead atoms. The van der Waals surface area contributed by atoms with E-state index in [1.165, 1.54) is 14.2 Å². The van der Waals surface area contributed by atoms with Crippen LogP contribution in [0, 0.1) is 11.8 Å². The molecule has 0 spiro atoms. The molecule has 2 rings (SSSR count). The first-order valence-electron chi connectivity index (χ1n) is 7.20. The van der Waals surface area contributed by atoms with Gasteiger partial charge in [0, 0.05) is 12.5 Å². The molecule has 0 unspecified atom stereocenters. The molecule has 1 aliphatic heterocycles. The van der Waals surface area contributed by atoms with Crippen molar-refractivity contribution in [3.05, 3.63) is 17.7 Å². The fraction of sp³-hybridized carbons (Fsp3) is 0.500. The minimum absolute atomic E-state index is 0.183. The Balaban J connectivity index is 2.29. The molecule has 1 amide bonds. The Morgan fingerprint density at radius 3 is 2.22 bits per heavy atom. The van der Waals surface area contributed by atoms with Crippen LogP contribution in [-0.4, -0.2) is 46.9 Å². The average molecular weight is 323 g/mol. The normalized spacial score (nSPS) is 19.9. The minimum Gasteiger partial charge on any atom is -0.493 e. The van der Waals surface area contributed by atoms with E-state index in [1.807, 2.05) is 12.1 Å². The van der Waals surface area contributed by atoms with Crippen molar-refractivity contribution in [2.45, 2.75) is 6.42 Å². The lowest BCUT2D eigenvalue weighted by atomic mass is 9.89. The highest BCUT2D eigenvalue weighted by Crippen LogP contribution is 2.39. The van der Waals surface area contributed by atoms with Crippen LogP contribution in [0.4, 0.5) is 0 Å². The molecule has 1 aromatic rings. The van der Waals surface area contributed by atoms with Crippen molar-refractivity contribution in [3.8, 4) is 17.2 Å². The predicted octanol–water partition coefficient (Wildman–Crippen LogP) is 0.790. The number of hydrogen-bond donors (Lipinski definition) is 1. The van der Waals surface area contributed by atoms with Gasteiger partial charge in [0.05, 0.1) is 28.4 Å². The summed E-state index contributed by atoms with van der Waals surface area (Å²) in [4.78, 5) is 23.7. The number of ether oxygens (including phenoxy) is 4. The third-order valence-corrected chi connectivity index (χ3v) is 3.97. The highest BCUT2D eigenvalue weighted by atomic mass is 16.5. The predicted molar refractivity (Wildman–Crippen MR) is 81.8 cm³/mol. The Morgan fingerprint density at radius 1 is 1.13 bits per heavy atom. The summed E-state index contributed by atoms with van der Waals surface area (Å²) in [6, 6.07) is 3.64. The van der Waals surface area contributed by atoms with E-state index in [2.05, 4.69) is 5.32 Å². The van der Waals surface area contributed by atoms with Crippen molar-refractivity contribution in [1.29, 1.82) is 0 Å². The summed E-state index contributed by atoms with van der Waals surface area (Å²) in [7, 11) is 5.90. The molecule has 0 aliphatic carbocycles. The van der Waals surface area contributed by atoms with Gasteiger partial charge >= 0.3 is 5.97 Å². The van der Waals surface area contributed by atoms with E-state index in [1.54, 1.807) is 14.2 Å². The second-order valence-corrected chi connectivity index (χ2v) is 5.24. The maximum atomic E-state index is 11.8. The molecule has 0 aromatic heterocycles. The number of benzene rings is 1. The van der Waals surface area contributed by atoms with Gasteiger partial charge in [0.2, 0.25) is 11.7 Å². The largest absolute Gasteiger partial charge is 0.493 e. The van der Waals surface area contributed by atoms with Gasteiger partial charge in [-0.15, -0.1) is 0 Å². The van der Waals surface area contributed by atoms with Crippen LogP contribution in [0.25, 0.3) is 0 Å². The summed E-state index contributed by atoms with van der Waals surface area (Å²) in [6.45, 7) is 0.426. The second kappa shape index (κ2) is 7.21. The second-order valence-electron chi connectivity index (χ2n) is 5.24. The van der Waals surface area contributed by atoms with Crippen LogP contribution < -0.4 is 19.5 Å². The van der Waals surface area contributed by atoms with Gasteiger partial charge in [-0.1, -0.05) is 0 Å². The molecular formula is C16H21NO6. The summed E-state index contributed by atoms with van der Waals surface area (Å²) < 4.78 is 20.7. The monoisotopic (exact) mass is 323 g/mol. The third kappa shape index (κ3) is 3.33. The quantitative estimate of drug-likeness (QED) is 0.616. The number of carbonyl (C=O) groups is 2. The molecule has 1 aromatic carbocycles. The minimum atomic E-state index is -0.793. The Bertz CT molecular complexity index is 575. The van der Waals surface area contributed by atoms with Crippen LogP contribution in [0.3, 0.4) is 0 Å². The summed E-state index contributed by atoms with van der Waals surface area (Å²) in [6.07, 6.45) is 0.509. The van der Waals surface area contributed by atoms with Crippen LogP contribution in [-0.2, 0) is 20.7 Å². The maximum absolute atomic E-state index is 11.8. The van der Waals surface area contributed by atoms with Crippen LogP contribution in [0.5, 0.6) is 17.2 Å². The molecule has 1 aliphatic rings. The number of nitrogens with one attached hydrogen (secondary N) is 1. The molecule has 0 saturated carbocycles. The van der Waals surface area contributed by atoms with Crippen molar-refractivity contribution in [3.63, 3.8) is 0 Å². The smallest absolute Gasteiger partial charge is 0.318 e. The molecule has 1 saturated heterocycles. The lowest BCUT2D eigenvalue weighted by molar-refractivity contribution is -0.149. The van der Waals surface area contributed by atoms with Crippen molar-refractivity contribution < 1.29 is 28.5 Å². The van der Waals surface area contributed by atoms with Crippen LogP contribution in [0.2, 0.25) is 0 Å². The Morgan fingerprint density at radius 2 is 1.74 bits per heavy atom. The Kier molecular flexibility index (Phi) is 5.31. The van der Waals surface area contributed by atoms with Crippen LogP contribution in [0.1, 0.15) is 5.56 Å². The fourth-order valence-electron chi connectivity index (χ4n) is 2.85. The Labute approximate surface area is 134 Å². The van der Waals surface area contributed by atoms with E-state index in [4.69, 9.17) is 18.9 Å². The van der Waals surface area contributed by atoms with Crippen LogP contribution >= 0.6 is 0 Å². The zero-order valence-corrected chi connectivity index (χ0v) is 13.7. The number of carbonyl (C=O) groups excluding carboxylic acids is 2. The molecular weight excluding hydrogens is 302 g/mol. The van der Waals surface area contributed by atoms with E-state index in [0.29, 0.717) is 30.2 Å². The standard InChI is InChI=1S/C16H21NO6/c1-20-11-6-9(7-12(21-2)14(11)22-3)5-10-8-17-15(18)13(10)16(19)23-4/h6-7,10,13H,5,8H2,1-4H3,(H,17,18)/t10-,13+/m0/s1. The van der Waals surface area contributed by atoms with Gasteiger partial charge in [0.15, 0.2) is 11.5 Å². The van der Waals surface area contributed by atoms with E-state index >= 15 is 0 Å². The van der Waals surface area contributed by atoms with E-state index in [-0.39, 0.29) is 11.8 Å². The average Bonchev–Trinajstić information content (AvgIpc) is 2.93. The number of methoxy groups -OCH3 is 4. The zero-order valence-electron chi connectivity index (χ0n) is 13.7. The lowest BCUT2D eigenvalue weighted by Crippen LogP contribution is -2.29. The van der Waals surface area contributed by atoms with Gasteiger partial charge < -0.3 is 24.3 Å². The first-order chi connectivity index (χ1) is 11.0.